The van der Waals surface area contributed by atoms with Gasteiger partial charge in [-0.15, -0.1) is 0 Å². The van der Waals surface area contributed by atoms with Gasteiger partial charge < -0.3 is 10.1 Å². The number of amides is 1. The number of Topliss-reactive ketones (excluding diaryl/α,β-unsaturated/α-hetero) is 1. The first-order chi connectivity index (χ1) is 13.0. The van der Waals surface area contributed by atoms with Crippen LogP contribution in [0.25, 0.3) is 10.8 Å². The minimum atomic E-state index is -0.406. The van der Waals surface area contributed by atoms with Crippen molar-refractivity contribution in [2.75, 3.05) is 11.9 Å². The lowest BCUT2D eigenvalue weighted by Gasteiger charge is -2.12. The van der Waals surface area contributed by atoms with Gasteiger partial charge in [0.25, 0.3) is 5.91 Å². The van der Waals surface area contributed by atoms with E-state index >= 15 is 0 Å². The zero-order valence-electron chi connectivity index (χ0n) is 14.8. The fourth-order valence-electron chi connectivity index (χ4n) is 3.55. The highest BCUT2D eigenvalue weighted by Crippen LogP contribution is 2.39. The Kier molecular flexibility index (Phi) is 4.36. The van der Waals surface area contributed by atoms with Crippen molar-refractivity contribution in [1.82, 2.24) is 0 Å². The third-order valence-corrected chi connectivity index (χ3v) is 4.81. The average Bonchev–Trinajstić information content (AvgIpc) is 2.96. The summed E-state index contributed by atoms with van der Waals surface area (Å²) in [6, 6.07) is 16.2. The quantitative estimate of drug-likeness (QED) is 0.732. The number of hydrogen-bond donors (Lipinski definition) is 1. The summed E-state index contributed by atoms with van der Waals surface area (Å²) in [5, 5.41) is 4.89. The molecule has 0 radical (unpaired) electrons. The Balaban J connectivity index is 1.47. The maximum absolute atomic E-state index is 14.0. The van der Waals surface area contributed by atoms with Crippen LogP contribution in [0.4, 0.5) is 10.1 Å². The van der Waals surface area contributed by atoms with Gasteiger partial charge in [-0.05, 0) is 41.0 Å². The number of hydrogen-bond acceptors (Lipinski definition) is 3. The monoisotopic (exact) mass is 363 g/mol. The highest BCUT2D eigenvalue weighted by atomic mass is 19.1. The summed E-state index contributed by atoms with van der Waals surface area (Å²) in [5.74, 6) is -0.822. The molecule has 0 heterocycles. The lowest BCUT2D eigenvalue weighted by molar-refractivity contribution is -0.118. The van der Waals surface area contributed by atoms with Gasteiger partial charge in [0.15, 0.2) is 12.4 Å². The van der Waals surface area contributed by atoms with Crippen LogP contribution in [0.1, 0.15) is 35.2 Å². The topological polar surface area (TPSA) is 55.4 Å². The first-order valence-corrected chi connectivity index (χ1v) is 8.80. The Morgan fingerprint density at radius 1 is 1.15 bits per heavy atom. The third kappa shape index (κ3) is 3.28. The lowest BCUT2D eigenvalue weighted by atomic mass is 10.0. The number of ether oxygens (including phenoxy) is 1. The van der Waals surface area contributed by atoms with Crippen molar-refractivity contribution < 1.29 is 18.7 Å². The van der Waals surface area contributed by atoms with Gasteiger partial charge in [-0.2, -0.15) is 0 Å². The molecule has 0 spiro atoms. The first kappa shape index (κ1) is 17.2. The molecule has 1 N–H and O–H groups in total. The molecule has 0 saturated heterocycles. The SMILES string of the molecule is CC1CC(=O)c2c(OCC(=O)Nc3ccc4ccccc4c3)ccc(F)c21. The van der Waals surface area contributed by atoms with E-state index in [1.807, 2.05) is 49.4 Å². The minimum Gasteiger partial charge on any atom is -0.483 e. The van der Waals surface area contributed by atoms with E-state index in [0.29, 0.717) is 11.3 Å². The molecule has 5 heteroatoms. The zero-order chi connectivity index (χ0) is 19.0. The van der Waals surface area contributed by atoms with Crippen LogP contribution in [-0.4, -0.2) is 18.3 Å². The first-order valence-electron chi connectivity index (χ1n) is 8.80. The largest absolute Gasteiger partial charge is 0.483 e. The van der Waals surface area contributed by atoms with E-state index in [2.05, 4.69) is 5.32 Å². The van der Waals surface area contributed by atoms with Crippen LogP contribution in [0.3, 0.4) is 0 Å². The Bertz CT molecular complexity index is 1060. The third-order valence-electron chi connectivity index (χ3n) is 4.81. The van der Waals surface area contributed by atoms with Gasteiger partial charge in [-0.25, -0.2) is 4.39 Å². The van der Waals surface area contributed by atoms with Crippen molar-refractivity contribution in [1.29, 1.82) is 0 Å². The van der Waals surface area contributed by atoms with Crippen molar-refractivity contribution in [3.63, 3.8) is 0 Å². The molecule has 0 saturated carbocycles. The van der Waals surface area contributed by atoms with E-state index < -0.39 is 5.82 Å². The molecule has 1 aliphatic carbocycles. The normalized spacial score (nSPS) is 15.6. The summed E-state index contributed by atoms with van der Waals surface area (Å²) in [7, 11) is 0. The Morgan fingerprint density at radius 3 is 2.74 bits per heavy atom. The molecule has 0 aliphatic heterocycles. The smallest absolute Gasteiger partial charge is 0.262 e. The molecule has 3 aromatic rings. The van der Waals surface area contributed by atoms with Crippen molar-refractivity contribution in [2.24, 2.45) is 0 Å². The van der Waals surface area contributed by atoms with Gasteiger partial charge in [0, 0.05) is 17.7 Å². The summed E-state index contributed by atoms with van der Waals surface area (Å²) in [5.41, 5.74) is 1.31. The number of benzene rings is 3. The summed E-state index contributed by atoms with van der Waals surface area (Å²) < 4.78 is 19.6. The fraction of sp³-hybridized carbons (Fsp3) is 0.182. The molecule has 1 unspecified atom stereocenters. The van der Waals surface area contributed by atoms with E-state index in [9.17, 15) is 14.0 Å². The Hall–Kier alpha value is -3.21. The standard InChI is InChI=1S/C22H18FNO3/c1-13-10-18(25)22-19(9-8-17(23)21(13)22)27-12-20(26)24-16-7-6-14-4-2-3-5-15(14)11-16/h2-9,11,13H,10,12H2,1H3,(H,24,26). The number of halogens is 1. The van der Waals surface area contributed by atoms with Gasteiger partial charge in [0.1, 0.15) is 11.6 Å². The minimum absolute atomic E-state index is 0.151. The van der Waals surface area contributed by atoms with Gasteiger partial charge >= 0.3 is 0 Å². The van der Waals surface area contributed by atoms with Crippen LogP contribution >= 0.6 is 0 Å². The molecule has 1 aliphatic rings. The Morgan fingerprint density at radius 2 is 1.93 bits per heavy atom. The number of anilines is 1. The van der Waals surface area contributed by atoms with Crippen molar-refractivity contribution in [3.8, 4) is 5.75 Å². The van der Waals surface area contributed by atoms with E-state index in [-0.39, 0.29) is 41.9 Å². The molecule has 0 aromatic heterocycles. The van der Waals surface area contributed by atoms with E-state index in [1.165, 1.54) is 12.1 Å². The molecular weight excluding hydrogens is 345 g/mol. The van der Waals surface area contributed by atoms with Crippen LogP contribution in [-0.2, 0) is 4.79 Å². The second kappa shape index (κ2) is 6.83. The molecule has 3 aromatic carbocycles. The molecule has 1 atom stereocenters. The lowest BCUT2D eigenvalue weighted by Crippen LogP contribution is -2.20. The number of carbonyl (C=O) groups excluding carboxylic acids is 2. The van der Waals surface area contributed by atoms with Gasteiger partial charge in [0.2, 0.25) is 0 Å². The van der Waals surface area contributed by atoms with Crippen LogP contribution in [0.15, 0.2) is 54.6 Å². The molecular formula is C22H18FNO3. The average molecular weight is 363 g/mol. The summed E-state index contributed by atoms with van der Waals surface area (Å²) in [4.78, 5) is 24.4. The molecule has 136 valence electrons. The summed E-state index contributed by atoms with van der Waals surface area (Å²) in [6.45, 7) is 1.55. The molecule has 1 amide bonds. The predicted octanol–water partition coefficient (Wildman–Crippen LogP) is 4.69. The number of nitrogens with one attached hydrogen (secondary N) is 1. The predicted molar refractivity (Wildman–Crippen MR) is 102 cm³/mol. The van der Waals surface area contributed by atoms with Crippen molar-refractivity contribution >= 4 is 28.2 Å². The number of ketones is 1. The van der Waals surface area contributed by atoms with Gasteiger partial charge in [0.05, 0.1) is 5.56 Å². The maximum atomic E-state index is 14.0. The maximum Gasteiger partial charge on any atom is 0.262 e. The second-order valence-corrected chi connectivity index (χ2v) is 6.76. The molecule has 4 rings (SSSR count). The second-order valence-electron chi connectivity index (χ2n) is 6.76. The van der Waals surface area contributed by atoms with Crippen LogP contribution in [0.2, 0.25) is 0 Å². The van der Waals surface area contributed by atoms with Gasteiger partial charge in [-0.3, -0.25) is 9.59 Å². The van der Waals surface area contributed by atoms with Crippen molar-refractivity contribution in [3.05, 3.63) is 71.5 Å². The summed E-state index contributed by atoms with van der Waals surface area (Å²) >= 11 is 0. The molecule has 0 fully saturated rings. The molecule has 0 bridgehead atoms. The van der Waals surface area contributed by atoms with E-state index in [4.69, 9.17) is 4.74 Å². The number of fused-ring (bicyclic) bond motifs is 2. The number of rotatable bonds is 4. The summed E-state index contributed by atoms with van der Waals surface area (Å²) in [6.07, 6.45) is 0.260. The highest BCUT2D eigenvalue weighted by molar-refractivity contribution is 6.04. The van der Waals surface area contributed by atoms with Crippen LogP contribution in [0.5, 0.6) is 5.75 Å². The Labute approximate surface area is 156 Å². The number of carbonyl (C=O) groups is 2. The van der Waals surface area contributed by atoms with Gasteiger partial charge in [-0.1, -0.05) is 37.3 Å². The van der Waals surface area contributed by atoms with E-state index in [0.717, 1.165) is 10.8 Å². The van der Waals surface area contributed by atoms with Crippen molar-refractivity contribution in [2.45, 2.75) is 19.3 Å². The molecule has 27 heavy (non-hydrogen) atoms. The molecule has 4 nitrogen and oxygen atoms in total. The van der Waals surface area contributed by atoms with E-state index in [1.54, 1.807) is 0 Å². The zero-order valence-corrected chi connectivity index (χ0v) is 14.8. The van der Waals surface area contributed by atoms with Crippen LogP contribution < -0.4 is 10.1 Å². The fourth-order valence-corrected chi connectivity index (χ4v) is 3.55. The van der Waals surface area contributed by atoms with Crippen LogP contribution in [0, 0.1) is 5.82 Å². The highest BCUT2D eigenvalue weighted by Gasteiger charge is 2.32.